The lowest BCUT2D eigenvalue weighted by Gasteiger charge is -2.14. The molecule has 17 heavy (non-hydrogen) atoms. The van der Waals surface area contributed by atoms with Crippen molar-refractivity contribution in [1.82, 2.24) is 4.98 Å². The predicted octanol–water partition coefficient (Wildman–Crippen LogP) is 3.16. The van der Waals surface area contributed by atoms with Gasteiger partial charge in [-0.1, -0.05) is 30.3 Å². The lowest BCUT2D eigenvalue weighted by Crippen LogP contribution is -2.05. The van der Waals surface area contributed by atoms with Gasteiger partial charge in [0, 0.05) is 11.5 Å². The Bertz CT molecular complexity index is 462. The summed E-state index contributed by atoms with van der Waals surface area (Å²) in [5.41, 5.74) is 6.91. The molecule has 0 fully saturated rings. The Morgan fingerprint density at radius 1 is 1.35 bits per heavy atom. The smallest absolute Gasteiger partial charge is 0.137 e. The van der Waals surface area contributed by atoms with Gasteiger partial charge in [-0.25, -0.2) is 4.98 Å². The molecule has 0 saturated carbocycles. The summed E-state index contributed by atoms with van der Waals surface area (Å²) in [6.07, 6.45) is -0.109. The van der Waals surface area contributed by atoms with E-state index in [0.29, 0.717) is 12.4 Å². The first-order valence-electron chi connectivity index (χ1n) is 5.61. The Morgan fingerprint density at radius 3 is 2.59 bits per heavy atom. The highest BCUT2D eigenvalue weighted by molar-refractivity contribution is 7.12. The molecule has 0 aliphatic carbocycles. The molecule has 1 heterocycles. The van der Waals surface area contributed by atoms with Crippen LogP contribution in [-0.2, 0) is 4.74 Å². The van der Waals surface area contributed by atoms with E-state index in [0.717, 1.165) is 15.4 Å². The van der Waals surface area contributed by atoms with Crippen molar-refractivity contribution in [2.75, 3.05) is 12.3 Å². The molecule has 0 bridgehead atoms. The van der Waals surface area contributed by atoms with Gasteiger partial charge in [-0.05, 0) is 19.4 Å². The highest BCUT2D eigenvalue weighted by atomic mass is 32.1. The van der Waals surface area contributed by atoms with E-state index in [1.807, 2.05) is 44.2 Å². The molecular weight excluding hydrogens is 232 g/mol. The van der Waals surface area contributed by atoms with Gasteiger partial charge in [-0.3, -0.25) is 0 Å². The topological polar surface area (TPSA) is 48.1 Å². The summed E-state index contributed by atoms with van der Waals surface area (Å²) in [4.78, 5) is 5.42. The maximum atomic E-state index is 5.80. The fourth-order valence-corrected chi connectivity index (χ4v) is 2.57. The lowest BCUT2D eigenvalue weighted by atomic mass is 10.1. The quantitative estimate of drug-likeness (QED) is 0.904. The van der Waals surface area contributed by atoms with E-state index < -0.39 is 0 Å². The highest BCUT2D eigenvalue weighted by Gasteiger charge is 2.18. The van der Waals surface area contributed by atoms with Crippen molar-refractivity contribution in [3.63, 3.8) is 0 Å². The van der Waals surface area contributed by atoms with Crippen molar-refractivity contribution in [3.05, 3.63) is 45.8 Å². The number of rotatable bonds is 4. The number of nitrogens with two attached hydrogens (primary N) is 1. The Hall–Kier alpha value is -1.39. The first kappa shape index (κ1) is 12.1. The first-order valence-corrected chi connectivity index (χ1v) is 6.43. The van der Waals surface area contributed by atoms with Gasteiger partial charge in [0.05, 0.1) is 0 Å². The van der Waals surface area contributed by atoms with Gasteiger partial charge in [0.2, 0.25) is 0 Å². The summed E-state index contributed by atoms with van der Waals surface area (Å²) in [6, 6.07) is 10.1. The third kappa shape index (κ3) is 2.65. The number of aryl methyl sites for hydroxylation is 1. The summed E-state index contributed by atoms with van der Waals surface area (Å²) in [5.74, 6) is 0.602. The average molecular weight is 248 g/mol. The summed E-state index contributed by atoms with van der Waals surface area (Å²) < 4.78 is 5.77. The maximum Gasteiger partial charge on any atom is 0.137 e. The molecule has 0 radical (unpaired) electrons. The normalized spacial score (nSPS) is 12.6. The van der Waals surface area contributed by atoms with E-state index in [-0.39, 0.29) is 6.10 Å². The van der Waals surface area contributed by atoms with Crippen LogP contribution in [0.1, 0.15) is 28.5 Å². The molecule has 1 unspecified atom stereocenters. The summed E-state index contributed by atoms with van der Waals surface area (Å²) >= 11 is 1.60. The van der Waals surface area contributed by atoms with Crippen molar-refractivity contribution >= 4 is 17.2 Å². The van der Waals surface area contributed by atoms with Gasteiger partial charge < -0.3 is 10.5 Å². The number of hydrogen-bond acceptors (Lipinski definition) is 4. The Morgan fingerprint density at radius 2 is 2.06 bits per heavy atom. The number of nitrogen functional groups attached to an aromatic ring is 1. The second-order valence-corrected chi connectivity index (χ2v) is 4.97. The Balaban J connectivity index is 2.35. The molecule has 1 atom stereocenters. The molecule has 0 aliphatic heterocycles. The molecule has 4 heteroatoms. The van der Waals surface area contributed by atoms with E-state index in [1.165, 1.54) is 0 Å². The SMILES string of the molecule is CCOC(c1ccccc1)c1nc(N)c(C)s1. The second kappa shape index (κ2) is 5.29. The Kier molecular flexibility index (Phi) is 3.76. The van der Waals surface area contributed by atoms with Crippen LogP contribution in [0.25, 0.3) is 0 Å². The van der Waals surface area contributed by atoms with Crippen LogP contribution >= 0.6 is 11.3 Å². The van der Waals surface area contributed by atoms with E-state index in [4.69, 9.17) is 10.5 Å². The molecule has 3 nitrogen and oxygen atoms in total. The predicted molar refractivity (Wildman–Crippen MR) is 71.2 cm³/mol. The molecular formula is C13H16N2OS. The summed E-state index contributed by atoms with van der Waals surface area (Å²) in [7, 11) is 0. The molecule has 2 rings (SSSR count). The van der Waals surface area contributed by atoms with E-state index in [1.54, 1.807) is 11.3 Å². The van der Waals surface area contributed by atoms with Crippen LogP contribution < -0.4 is 5.73 Å². The molecule has 2 aromatic rings. The van der Waals surface area contributed by atoms with E-state index in [2.05, 4.69) is 4.98 Å². The number of benzene rings is 1. The highest BCUT2D eigenvalue weighted by Crippen LogP contribution is 2.31. The van der Waals surface area contributed by atoms with Crippen LogP contribution in [0, 0.1) is 6.92 Å². The molecule has 0 aliphatic rings. The summed E-state index contributed by atoms with van der Waals surface area (Å²) in [5, 5.41) is 0.924. The minimum absolute atomic E-state index is 0.109. The van der Waals surface area contributed by atoms with Crippen molar-refractivity contribution < 1.29 is 4.74 Å². The largest absolute Gasteiger partial charge is 0.383 e. The molecule has 0 spiro atoms. The number of thiazole rings is 1. The monoisotopic (exact) mass is 248 g/mol. The van der Waals surface area contributed by atoms with E-state index >= 15 is 0 Å². The van der Waals surface area contributed by atoms with Gasteiger partial charge in [-0.2, -0.15) is 0 Å². The number of ether oxygens (including phenoxy) is 1. The number of aromatic nitrogens is 1. The average Bonchev–Trinajstić information content (AvgIpc) is 2.67. The van der Waals surface area contributed by atoms with Gasteiger partial charge >= 0.3 is 0 Å². The van der Waals surface area contributed by atoms with Crippen LogP contribution in [0.4, 0.5) is 5.82 Å². The second-order valence-electron chi connectivity index (χ2n) is 3.74. The molecule has 1 aromatic heterocycles. The third-order valence-corrected chi connectivity index (χ3v) is 3.54. The van der Waals surface area contributed by atoms with Gasteiger partial charge in [0.25, 0.3) is 0 Å². The van der Waals surface area contributed by atoms with Crippen LogP contribution in [-0.4, -0.2) is 11.6 Å². The zero-order valence-corrected chi connectivity index (χ0v) is 10.8. The minimum Gasteiger partial charge on any atom is -0.383 e. The van der Waals surface area contributed by atoms with Gasteiger partial charge in [0.15, 0.2) is 0 Å². The minimum atomic E-state index is -0.109. The van der Waals surface area contributed by atoms with Crippen molar-refractivity contribution in [1.29, 1.82) is 0 Å². The van der Waals surface area contributed by atoms with Crippen molar-refractivity contribution in [3.8, 4) is 0 Å². The van der Waals surface area contributed by atoms with Crippen LogP contribution in [0.5, 0.6) is 0 Å². The standard InChI is InChI=1S/C13H16N2OS/c1-3-16-11(10-7-5-4-6-8-10)13-15-12(14)9(2)17-13/h4-8,11H,3,14H2,1-2H3. The first-order chi connectivity index (χ1) is 8.22. The number of anilines is 1. The molecule has 1 aromatic carbocycles. The van der Waals surface area contributed by atoms with E-state index in [9.17, 15) is 0 Å². The molecule has 0 saturated heterocycles. The van der Waals surface area contributed by atoms with Gasteiger partial charge in [-0.15, -0.1) is 11.3 Å². The lowest BCUT2D eigenvalue weighted by molar-refractivity contribution is 0.0912. The zero-order chi connectivity index (χ0) is 12.3. The Labute approximate surface area is 105 Å². The number of hydrogen-bond donors (Lipinski definition) is 1. The van der Waals surface area contributed by atoms with Gasteiger partial charge in [0.1, 0.15) is 16.9 Å². The fraction of sp³-hybridized carbons (Fsp3) is 0.308. The summed E-state index contributed by atoms with van der Waals surface area (Å²) in [6.45, 7) is 4.61. The van der Waals surface area contributed by atoms with Crippen molar-refractivity contribution in [2.24, 2.45) is 0 Å². The zero-order valence-electron chi connectivity index (χ0n) is 10.0. The molecule has 90 valence electrons. The fourth-order valence-electron chi connectivity index (χ4n) is 1.65. The molecule has 2 N–H and O–H groups in total. The van der Waals surface area contributed by atoms with Crippen LogP contribution in [0.15, 0.2) is 30.3 Å². The number of nitrogens with zero attached hydrogens (tertiary/aromatic N) is 1. The maximum absolute atomic E-state index is 5.80. The van der Waals surface area contributed by atoms with Crippen LogP contribution in [0.2, 0.25) is 0 Å². The molecule has 0 amide bonds. The third-order valence-electron chi connectivity index (χ3n) is 2.51. The van der Waals surface area contributed by atoms with Crippen LogP contribution in [0.3, 0.4) is 0 Å². The van der Waals surface area contributed by atoms with Crippen molar-refractivity contribution in [2.45, 2.75) is 20.0 Å².